The molecule has 1 aliphatic rings. The number of amides is 2. The number of carbonyl (C=O) groups is 2. The zero-order valence-electron chi connectivity index (χ0n) is 21.4. The van der Waals surface area contributed by atoms with Crippen LogP contribution in [0.5, 0.6) is 0 Å². The van der Waals surface area contributed by atoms with Crippen LogP contribution in [0.1, 0.15) is 57.8 Å². The molecule has 0 unspecified atom stereocenters. The van der Waals surface area contributed by atoms with Gasteiger partial charge in [0.05, 0.1) is 17.4 Å². The molecule has 6 rings (SSSR count). The topological polar surface area (TPSA) is 113 Å². The number of aromatic amines is 1. The lowest BCUT2D eigenvalue weighted by Gasteiger charge is -2.11. The summed E-state index contributed by atoms with van der Waals surface area (Å²) in [5, 5.41) is 13.8. The summed E-state index contributed by atoms with van der Waals surface area (Å²) in [6.45, 7) is 0. The molecule has 3 heterocycles. The Morgan fingerprint density at radius 2 is 1.69 bits per heavy atom. The van der Waals surface area contributed by atoms with Gasteiger partial charge in [0.2, 0.25) is 0 Å². The molecule has 8 heteroatoms. The van der Waals surface area contributed by atoms with Crippen LogP contribution in [0.4, 0.5) is 5.69 Å². The SMILES string of the molecule is O=C(NC1CCCC1)c1ccc(NC(=O)c2n[nH]c3ccc(-c4cncc(Cc5ccccc5)c4)cc23)cn1. The number of fused-ring (bicyclic) bond motifs is 1. The lowest BCUT2D eigenvalue weighted by Crippen LogP contribution is -2.33. The number of aromatic nitrogens is 4. The van der Waals surface area contributed by atoms with E-state index in [-0.39, 0.29) is 23.6 Å². The van der Waals surface area contributed by atoms with Crippen molar-refractivity contribution in [3.63, 3.8) is 0 Å². The highest BCUT2D eigenvalue weighted by Gasteiger charge is 2.19. The number of rotatable bonds is 7. The van der Waals surface area contributed by atoms with Crippen LogP contribution in [0.15, 0.2) is 85.3 Å². The number of benzene rings is 2. The molecule has 2 amide bonds. The summed E-state index contributed by atoms with van der Waals surface area (Å²) in [5.41, 5.74) is 6.10. The van der Waals surface area contributed by atoms with Crippen molar-refractivity contribution in [1.29, 1.82) is 0 Å². The Morgan fingerprint density at radius 1 is 0.846 bits per heavy atom. The summed E-state index contributed by atoms with van der Waals surface area (Å²) in [5.74, 6) is -0.549. The van der Waals surface area contributed by atoms with Crippen molar-refractivity contribution in [2.45, 2.75) is 38.1 Å². The average Bonchev–Trinajstić information content (AvgIpc) is 3.64. The number of carbonyl (C=O) groups excluding carboxylic acids is 2. The second-order valence-electron chi connectivity index (χ2n) is 9.92. The first-order valence-corrected chi connectivity index (χ1v) is 13.2. The van der Waals surface area contributed by atoms with Crippen molar-refractivity contribution in [3.8, 4) is 11.1 Å². The van der Waals surface area contributed by atoms with Crippen molar-refractivity contribution in [2.24, 2.45) is 0 Å². The first-order valence-electron chi connectivity index (χ1n) is 13.2. The second kappa shape index (κ2) is 10.9. The van der Waals surface area contributed by atoms with Crippen molar-refractivity contribution >= 4 is 28.4 Å². The molecule has 0 spiro atoms. The summed E-state index contributed by atoms with van der Waals surface area (Å²) in [4.78, 5) is 34.3. The Bertz CT molecular complexity index is 1620. The maximum atomic E-state index is 13.1. The van der Waals surface area contributed by atoms with Crippen LogP contribution in [0, 0.1) is 0 Å². The fourth-order valence-corrected chi connectivity index (χ4v) is 5.06. The highest BCUT2D eigenvalue weighted by Crippen LogP contribution is 2.27. The van der Waals surface area contributed by atoms with Crippen molar-refractivity contribution in [3.05, 3.63) is 108 Å². The minimum atomic E-state index is -0.362. The standard InChI is InChI=1S/C31H28N6O2/c38-30(34-24-8-4-5-9-24)28-13-11-25(19-33-28)35-31(39)29-26-16-22(10-12-27(26)36-37-29)23-15-21(17-32-18-23)14-20-6-2-1-3-7-20/h1-3,6-7,10-13,15-19,24H,4-5,8-9,14H2,(H,34,38)(H,35,39)(H,36,37). The van der Waals surface area contributed by atoms with E-state index in [2.05, 4.69) is 49.0 Å². The fraction of sp³-hybridized carbons (Fsp3) is 0.194. The molecule has 1 aliphatic carbocycles. The van der Waals surface area contributed by atoms with Crippen molar-refractivity contribution in [2.75, 3.05) is 5.32 Å². The Kier molecular flexibility index (Phi) is 6.82. The molecule has 8 nitrogen and oxygen atoms in total. The van der Waals surface area contributed by atoms with Gasteiger partial charge in [-0.15, -0.1) is 0 Å². The van der Waals surface area contributed by atoms with Gasteiger partial charge in [-0.2, -0.15) is 5.10 Å². The van der Waals surface area contributed by atoms with E-state index in [0.29, 0.717) is 16.8 Å². The summed E-state index contributed by atoms with van der Waals surface area (Å²) in [7, 11) is 0. The van der Waals surface area contributed by atoms with Gasteiger partial charge in [-0.05, 0) is 66.3 Å². The van der Waals surface area contributed by atoms with Gasteiger partial charge in [0.1, 0.15) is 5.69 Å². The minimum Gasteiger partial charge on any atom is -0.348 e. The Labute approximate surface area is 225 Å². The molecule has 0 saturated heterocycles. The molecule has 0 atom stereocenters. The predicted molar refractivity (Wildman–Crippen MR) is 150 cm³/mol. The Morgan fingerprint density at radius 3 is 2.49 bits per heavy atom. The van der Waals surface area contributed by atoms with Gasteiger partial charge in [-0.25, -0.2) is 4.98 Å². The molecule has 1 fully saturated rings. The summed E-state index contributed by atoms with van der Waals surface area (Å²) in [6, 6.07) is 21.8. The minimum absolute atomic E-state index is 0.187. The molecular weight excluding hydrogens is 488 g/mol. The predicted octanol–water partition coefficient (Wildman–Crippen LogP) is 5.54. The van der Waals surface area contributed by atoms with Crippen molar-refractivity contribution in [1.82, 2.24) is 25.5 Å². The van der Waals surface area contributed by atoms with E-state index in [4.69, 9.17) is 0 Å². The van der Waals surface area contributed by atoms with E-state index < -0.39 is 0 Å². The Hall–Kier alpha value is -4.85. The van der Waals surface area contributed by atoms with Crippen LogP contribution < -0.4 is 10.6 Å². The molecule has 0 bridgehead atoms. The van der Waals surface area contributed by atoms with Gasteiger partial charge in [0, 0.05) is 29.4 Å². The number of anilines is 1. The van der Waals surface area contributed by atoms with E-state index in [1.807, 2.05) is 48.8 Å². The van der Waals surface area contributed by atoms with Gasteiger partial charge < -0.3 is 10.6 Å². The van der Waals surface area contributed by atoms with E-state index in [0.717, 1.165) is 54.3 Å². The molecule has 0 radical (unpaired) electrons. The molecule has 2 aromatic carbocycles. The van der Waals surface area contributed by atoms with E-state index in [1.54, 1.807) is 12.1 Å². The number of pyridine rings is 2. The van der Waals surface area contributed by atoms with E-state index in [1.165, 1.54) is 11.8 Å². The second-order valence-corrected chi connectivity index (χ2v) is 9.92. The summed E-state index contributed by atoms with van der Waals surface area (Å²) in [6.07, 6.45) is 10.3. The third-order valence-electron chi connectivity index (χ3n) is 7.10. The largest absolute Gasteiger partial charge is 0.348 e. The lowest BCUT2D eigenvalue weighted by molar-refractivity contribution is 0.0932. The number of H-pyrrole nitrogens is 1. The van der Waals surface area contributed by atoms with Crippen LogP contribution >= 0.6 is 0 Å². The zero-order chi connectivity index (χ0) is 26.6. The number of hydrogen-bond acceptors (Lipinski definition) is 5. The van der Waals surface area contributed by atoms with Crippen LogP contribution in [0.2, 0.25) is 0 Å². The number of hydrogen-bond donors (Lipinski definition) is 3. The molecule has 5 aromatic rings. The maximum Gasteiger partial charge on any atom is 0.276 e. The van der Waals surface area contributed by atoms with Gasteiger partial charge in [0.25, 0.3) is 11.8 Å². The first-order chi connectivity index (χ1) is 19.1. The van der Waals surface area contributed by atoms with Gasteiger partial charge >= 0.3 is 0 Å². The van der Waals surface area contributed by atoms with Crippen LogP contribution in [-0.2, 0) is 6.42 Å². The molecular formula is C31H28N6O2. The summed E-state index contributed by atoms with van der Waals surface area (Å²) < 4.78 is 0. The number of nitrogens with zero attached hydrogens (tertiary/aromatic N) is 3. The summed E-state index contributed by atoms with van der Waals surface area (Å²) >= 11 is 0. The first kappa shape index (κ1) is 24.5. The molecule has 39 heavy (non-hydrogen) atoms. The average molecular weight is 517 g/mol. The monoisotopic (exact) mass is 516 g/mol. The third kappa shape index (κ3) is 5.55. The normalized spacial score (nSPS) is 13.4. The van der Waals surface area contributed by atoms with E-state index in [9.17, 15) is 9.59 Å². The van der Waals surface area contributed by atoms with Gasteiger partial charge in [-0.1, -0.05) is 49.2 Å². The van der Waals surface area contributed by atoms with Gasteiger partial charge in [0.15, 0.2) is 5.69 Å². The molecule has 3 aromatic heterocycles. The number of nitrogens with one attached hydrogen (secondary N) is 3. The smallest absolute Gasteiger partial charge is 0.276 e. The molecule has 3 N–H and O–H groups in total. The highest BCUT2D eigenvalue weighted by atomic mass is 16.2. The molecule has 194 valence electrons. The van der Waals surface area contributed by atoms with Crippen LogP contribution in [0.3, 0.4) is 0 Å². The quantitative estimate of drug-likeness (QED) is 0.263. The third-order valence-corrected chi connectivity index (χ3v) is 7.10. The van der Waals surface area contributed by atoms with E-state index >= 15 is 0 Å². The fourth-order valence-electron chi connectivity index (χ4n) is 5.06. The van der Waals surface area contributed by atoms with Gasteiger partial charge in [-0.3, -0.25) is 19.7 Å². The highest BCUT2D eigenvalue weighted by molar-refractivity contribution is 6.11. The Balaban J connectivity index is 1.18. The molecule has 0 aliphatic heterocycles. The lowest BCUT2D eigenvalue weighted by atomic mass is 10.0. The van der Waals surface area contributed by atoms with Crippen LogP contribution in [-0.4, -0.2) is 38.0 Å². The van der Waals surface area contributed by atoms with Crippen LogP contribution in [0.25, 0.3) is 22.0 Å². The zero-order valence-corrected chi connectivity index (χ0v) is 21.4. The maximum absolute atomic E-state index is 13.1. The van der Waals surface area contributed by atoms with Crippen molar-refractivity contribution < 1.29 is 9.59 Å². The molecule has 1 saturated carbocycles.